The van der Waals surface area contributed by atoms with E-state index in [1.54, 1.807) is 0 Å². The Morgan fingerprint density at radius 2 is 1.28 bits per heavy atom. The molecule has 0 aliphatic heterocycles. The van der Waals surface area contributed by atoms with Gasteiger partial charge in [-0.1, -0.05) is 84.9 Å². The van der Waals surface area contributed by atoms with Crippen LogP contribution >= 0.6 is 0 Å². The standard InChI is InChI=1S/C25H16N4/c1-3-10-18(11-4-1)21-22-24(27-23(26-21)19-12-5-2-6-13-19)28-25-20-14-8-7-9-17(20)15-16-29(22)25/h1-16H. The van der Waals surface area contributed by atoms with Gasteiger partial charge in [0.15, 0.2) is 11.5 Å². The molecule has 6 aromatic rings. The van der Waals surface area contributed by atoms with Gasteiger partial charge in [-0.3, -0.25) is 4.40 Å². The second kappa shape index (κ2) is 6.24. The third-order valence-electron chi connectivity index (χ3n) is 5.23. The van der Waals surface area contributed by atoms with Crippen LogP contribution in [0.15, 0.2) is 97.2 Å². The van der Waals surface area contributed by atoms with Crippen LogP contribution in [0.1, 0.15) is 0 Å². The lowest BCUT2D eigenvalue weighted by molar-refractivity contribution is 1.19. The Labute approximate surface area is 167 Å². The van der Waals surface area contributed by atoms with Gasteiger partial charge in [0.05, 0.1) is 0 Å². The van der Waals surface area contributed by atoms with E-state index in [9.17, 15) is 0 Å². The number of hydrogen-bond donors (Lipinski definition) is 0. The molecular formula is C25H16N4. The summed E-state index contributed by atoms with van der Waals surface area (Å²) in [6, 6.07) is 30.7. The Morgan fingerprint density at radius 1 is 0.586 bits per heavy atom. The lowest BCUT2D eigenvalue weighted by Crippen LogP contribution is -1.96. The molecule has 6 rings (SSSR count). The summed E-state index contributed by atoms with van der Waals surface area (Å²) in [6.07, 6.45) is 2.06. The maximum Gasteiger partial charge on any atom is 0.183 e. The second-order valence-corrected chi connectivity index (χ2v) is 7.01. The maximum atomic E-state index is 4.97. The van der Waals surface area contributed by atoms with E-state index < -0.39 is 0 Å². The van der Waals surface area contributed by atoms with Gasteiger partial charge in [-0.2, -0.15) is 0 Å². The smallest absolute Gasteiger partial charge is 0.183 e. The first kappa shape index (κ1) is 16.0. The normalized spacial score (nSPS) is 11.4. The van der Waals surface area contributed by atoms with Crippen LogP contribution in [0.25, 0.3) is 50.2 Å². The summed E-state index contributed by atoms with van der Waals surface area (Å²) < 4.78 is 2.11. The third-order valence-corrected chi connectivity index (χ3v) is 5.23. The molecule has 0 fully saturated rings. The quantitative estimate of drug-likeness (QED) is 0.388. The first-order valence-electron chi connectivity index (χ1n) is 9.57. The van der Waals surface area contributed by atoms with Gasteiger partial charge < -0.3 is 0 Å². The molecule has 4 nitrogen and oxygen atoms in total. The molecule has 0 unspecified atom stereocenters. The van der Waals surface area contributed by atoms with E-state index in [-0.39, 0.29) is 0 Å². The zero-order valence-corrected chi connectivity index (χ0v) is 15.5. The average molecular weight is 372 g/mol. The van der Waals surface area contributed by atoms with Crippen LogP contribution in [-0.4, -0.2) is 19.4 Å². The van der Waals surface area contributed by atoms with Crippen LogP contribution in [-0.2, 0) is 0 Å². The Morgan fingerprint density at radius 3 is 2.07 bits per heavy atom. The minimum Gasteiger partial charge on any atom is -0.296 e. The zero-order valence-electron chi connectivity index (χ0n) is 15.5. The van der Waals surface area contributed by atoms with E-state index in [4.69, 9.17) is 15.0 Å². The van der Waals surface area contributed by atoms with E-state index in [2.05, 4.69) is 40.9 Å². The van der Waals surface area contributed by atoms with Crippen molar-refractivity contribution in [1.29, 1.82) is 0 Å². The van der Waals surface area contributed by atoms with E-state index in [0.717, 1.165) is 38.8 Å². The highest BCUT2D eigenvalue weighted by molar-refractivity contribution is 6.00. The summed E-state index contributed by atoms with van der Waals surface area (Å²) in [5, 5.41) is 2.26. The molecule has 29 heavy (non-hydrogen) atoms. The summed E-state index contributed by atoms with van der Waals surface area (Å²) in [5.74, 6) is 0.685. The van der Waals surface area contributed by atoms with Crippen molar-refractivity contribution in [2.45, 2.75) is 0 Å². The van der Waals surface area contributed by atoms with Crippen molar-refractivity contribution in [3.63, 3.8) is 0 Å². The fraction of sp³-hybridized carbons (Fsp3) is 0. The highest BCUT2D eigenvalue weighted by atomic mass is 15.1. The molecular weight excluding hydrogens is 356 g/mol. The molecule has 3 heterocycles. The van der Waals surface area contributed by atoms with Crippen LogP contribution in [0, 0.1) is 0 Å². The third kappa shape index (κ3) is 2.50. The molecule has 0 N–H and O–H groups in total. The highest BCUT2D eigenvalue weighted by Gasteiger charge is 2.17. The predicted octanol–water partition coefficient (Wildman–Crippen LogP) is 5.76. The van der Waals surface area contributed by atoms with Crippen molar-refractivity contribution in [3.05, 3.63) is 97.2 Å². The molecule has 0 bridgehead atoms. The topological polar surface area (TPSA) is 43.1 Å². The fourth-order valence-electron chi connectivity index (χ4n) is 3.85. The lowest BCUT2D eigenvalue weighted by atomic mass is 10.1. The van der Waals surface area contributed by atoms with E-state index in [1.807, 2.05) is 60.7 Å². The maximum absolute atomic E-state index is 4.97. The van der Waals surface area contributed by atoms with Gasteiger partial charge in [0.1, 0.15) is 16.9 Å². The molecule has 0 spiro atoms. The number of aromatic nitrogens is 4. The van der Waals surface area contributed by atoms with Gasteiger partial charge in [-0.15, -0.1) is 0 Å². The molecule has 0 saturated carbocycles. The van der Waals surface area contributed by atoms with Crippen LogP contribution in [0.5, 0.6) is 0 Å². The lowest BCUT2D eigenvalue weighted by Gasteiger charge is -2.07. The number of imidazole rings is 1. The Bertz CT molecular complexity index is 1490. The Kier molecular flexibility index (Phi) is 3.43. The van der Waals surface area contributed by atoms with Crippen LogP contribution in [0.2, 0.25) is 0 Å². The van der Waals surface area contributed by atoms with Crippen LogP contribution < -0.4 is 0 Å². The molecule has 0 aliphatic carbocycles. The minimum atomic E-state index is 0.685. The van der Waals surface area contributed by atoms with E-state index in [0.29, 0.717) is 11.5 Å². The van der Waals surface area contributed by atoms with Crippen molar-refractivity contribution in [3.8, 4) is 22.6 Å². The minimum absolute atomic E-state index is 0.685. The molecule has 0 radical (unpaired) electrons. The largest absolute Gasteiger partial charge is 0.296 e. The van der Waals surface area contributed by atoms with Crippen molar-refractivity contribution in [1.82, 2.24) is 19.4 Å². The fourth-order valence-corrected chi connectivity index (χ4v) is 3.85. The Balaban J connectivity index is 1.77. The summed E-state index contributed by atoms with van der Waals surface area (Å²) in [7, 11) is 0. The molecule has 4 heteroatoms. The van der Waals surface area contributed by atoms with Gasteiger partial charge >= 0.3 is 0 Å². The van der Waals surface area contributed by atoms with Crippen molar-refractivity contribution in [2.24, 2.45) is 0 Å². The number of pyridine rings is 1. The number of benzene rings is 3. The number of hydrogen-bond acceptors (Lipinski definition) is 3. The van der Waals surface area contributed by atoms with Crippen LogP contribution in [0.4, 0.5) is 0 Å². The molecule has 3 aromatic heterocycles. The van der Waals surface area contributed by atoms with Gasteiger partial charge in [0.25, 0.3) is 0 Å². The summed E-state index contributed by atoms with van der Waals surface area (Å²) in [6.45, 7) is 0. The number of nitrogens with zero attached hydrogens (tertiary/aromatic N) is 4. The van der Waals surface area contributed by atoms with Gasteiger partial charge in [-0.05, 0) is 11.5 Å². The Hall–Kier alpha value is -4.05. The molecule has 0 saturated heterocycles. The molecule has 0 aliphatic rings. The molecule has 136 valence electrons. The van der Waals surface area contributed by atoms with Gasteiger partial charge in [-0.25, -0.2) is 15.0 Å². The molecule has 3 aromatic carbocycles. The van der Waals surface area contributed by atoms with E-state index in [1.165, 1.54) is 0 Å². The summed E-state index contributed by atoms with van der Waals surface area (Å²) >= 11 is 0. The van der Waals surface area contributed by atoms with Gasteiger partial charge in [0, 0.05) is 22.7 Å². The first-order chi connectivity index (χ1) is 14.4. The van der Waals surface area contributed by atoms with Crippen LogP contribution in [0.3, 0.4) is 0 Å². The first-order valence-corrected chi connectivity index (χ1v) is 9.57. The van der Waals surface area contributed by atoms with Gasteiger partial charge in [0.2, 0.25) is 0 Å². The van der Waals surface area contributed by atoms with Crippen molar-refractivity contribution >= 4 is 27.6 Å². The van der Waals surface area contributed by atoms with E-state index >= 15 is 0 Å². The highest BCUT2D eigenvalue weighted by Crippen LogP contribution is 2.31. The monoisotopic (exact) mass is 372 g/mol. The van der Waals surface area contributed by atoms with Crippen molar-refractivity contribution in [2.75, 3.05) is 0 Å². The predicted molar refractivity (Wildman–Crippen MR) is 117 cm³/mol. The summed E-state index contributed by atoms with van der Waals surface area (Å²) in [4.78, 5) is 14.7. The van der Waals surface area contributed by atoms with Crippen molar-refractivity contribution < 1.29 is 0 Å². The molecule has 0 atom stereocenters. The SMILES string of the molecule is c1ccc(-c2nc(-c3ccccc3)c3c(n2)nc2c4ccccc4ccn23)cc1. The second-order valence-electron chi connectivity index (χ2n) is 7.01. The average Bonchev–Trinajstić information content (AvgIpc) is 3.19. The molecule has 0 amide bonds. The number of fused-ring (bicyclic) bond motifs is 5. The zero-order chi connectivity index (χ0) is 19.2. The summed E-state index contributed by atoms with van der Waals surface area (Å²) in [5.41, 5.74) is 5.44. The number of rotatable bonds is 2.